The van der Waals surface area contributed by atoms with Crippen molar-refractivity contribution < 1.29 is 18.7 Å². The Kier molecular flexibility index (Phi) is 5.92. The zero-order chi connectivity index (χ0) is 17.8. The summed E-state index contributed by atoms with van der Waals surface area (Å²) in [5.74, 6) is 0.599. The molecule has 2 saturated heterocycles. The molecular weight excluding hydrogens is 346 g/mol. The molecule has 138 valence electrons. The van der Waals surface area contributed by atoms with Crippen LogP contribution in [0.4, 0.5) is 0 Å². The highest BCUT2D eigenvalue weighted by molar-refractivity contribution is 7.99. The molecule has 1 aromatic heterocycles. The van der Waals surface area contributed by atoms with E-state index >= 15 is 0 Å². The molecule has 25 heavy (non-hydrogen) atoms. The molecule has 3 heterocycles. The molecule has 0 unspecified atom stereocenters. The Morgan fingerprint density at radius 2 is 1.92 bits per heavy atom. The van der Waals surface area contributed by atoms with E-state index in [0.717, 1.165) is 13.1 Å². The van der Waals surface area contributed by atoms with Crippen LogP contribution < -0.4 is 0 Å². The van der Waals surface area contributed by atoms with Crippen LogP contribution in [0.5, 0.6) is 0 Å². The third-order valence-corrected chi connectivity index (χ3v) is 5.14. The minimum atomic E-state index is -0.572. The Bertz CT molecular complexity index is 617. The number of carbonyl (C=O) groups excluding carboxylic acids is 2. The predicted molar refractivity (Wildman–Crippen MR) is 90.2 cm³/mol. The smallest absolute Gasteiger partial charge is 0.277 e. The number of ether oxygens (including phenoxy) is 1. The number of rotatable bonds is 4. The molecule has 0 bridgehead atoms. The van der Waals surface area contributed by atoms with Gasteiger partial charge in [-0.15, -0.1) is 10.2 Å². The average Bonchev–Trinajstić information content (AvgIpc) is 3.05. The number of nitrogens with zero attached hydrogens (tertiary/aromatic N) is 5. The average molecular weight is 369 g/mol. The van der Waals surface area contributed by atoms with Crippen molar-refractivity contribution in [2.45, 2.75) is 18.3 Å². The number of hydrogen-bond donors (Lipinski definition) is 0. The van der Waals surface area contributed by atoms with Crippen LogP contribution in [-0.4, -0.2) is 101 Å². The van der Waals surface area contributed by atoms with Crippen LogP contribution in [0.25, 0.3) is 0 Å². The van der Waals surface area contributed by atoms with E-state index in [0.29, 0.717) is 43.9 Å². The van der Waals surface area contributed by atoms with E-state index in [9.17, 15) is 9.59 Å². The number of aryl methyl sites for hydroxylation is 1. The topological polar surface area (TPSA) is 92.0 Å². The fourth-order valence-corrected chi connectivity index (χ4v) is 3.51. The summed E-state index contributed by atoms with van der Waals surface area (Å²) in [5, 5.41) is 7.97. The highest BCUT2D eigenvalue weighted by Gasteiger charge is 2.33. The van der Waals surface area contributed by atoms with Crippen molar-refractivity contribution in [1.82, 2.24) is 24.9 Å². The van der Waals surface area contributed by atoms with Crippen LogP contribution in [0.1, 0.15) is 5.89 Å². The molecule has 0 aliphatic carbocycles. The lowest BCUT2D eigenvalue weighted by Crippen LogP contribution is -2.56. The largest absolute Gasteiger partial charge is 0.416 e. The molecule has 0 spiro atoms. The molecule has 0 radical (unpaired) electrons. The van der Waals surface area contributed by atoms with E-state index in [4.69, 9.17) is 9.15 Å². The number of amides is 2. The van der Waals surface area contributed by atoms with Gasteiger partial charge in [-0.2, -0.15) is 0 Å². The van der Waals surface area contributed by atoms with Crippen molar-refractivity contribution in [2.75, 3.05) is 58.7 Å². The van der Waals surface area contributed by atoms with Gasteiger partial charge in [-0.1, -0.05) is 11.8 Å². The normalized spacial score (nSPS) is 22.2. The van der Waals surface area contributed by atoms with Crippen LogP contribution in [0.3, 0.4) is 0 Å². The maximum Gasteiger partial charge on any atom is 0.277 e. The van der Waals surface area contributed by atoms with Gasteiger partial charge in [0.25, 0.3) is 11.1 Å². The molecule has 2 aliphatic rings. The van der Waals surface area contributed by atoms with Crippen molar-refractivity contribution >= 4 is 23.6 Å². The quantitative estimate of drug-likeness (QED) is 0.654. The van der Waals surface area contributed by atoms with E-state index in [1.807, 2.05) is 11.9 Å². The monoisotopic (exact) mass is 369 g/mol. The summed E-state index contributed by atoms with van der Waals surface area (Å²) in [5.41, 5.74) is 0. The maximum absolute atomic E-state index is 12.6. The number of carbonyl (C=O) groups is 2. The van der Waals surface area contributed by atoms with Gasteiger partial charge >= 0.3 is 0 Å². The Balaban J connectivity index is 1.49. The lowest BCUT2D eigenvalue weighted by Gasteiger charge is -2.37. The first-order valence-electron chi connectivity index (χ1n) is 8.32. The van der Waals surface area contributed by atoms with Crippen LogP contribution >= 0.6 is 11.8 Å². The van der Waals surface area contributed by atoms with Crippen LogP contribution in [0.2, 0.25) is 0 Å². The van der Waals surface area contributed by atoms with Gasteiger partial charge in [0.05, 0.1) is 18.9 Å². The van der Waals surface area contributed by atoms with Gasteiger partial charge in [-0.3, -0.25) is 9.59 Å². The number of piperazine rings is 1. The van der Waals surface area contributed by atoms with Gasteiger partial charge in [0.2, 0.25) is 11.8 Å². The highest BCUT2D eigenvalue weighted by atomic mass is 32.2. The lowest BCUT2D eigenvalue weighted by molar-refractivity contribution is -0.154. The molecule has 0 saturated carbocycles. The molecule has 0 aromatic carbocycles. The maximum atomic E-state index is 12.6. The summed E-state index contributed by atoms with van der Waals surface area (Å²) in [4.78, 5) is 30.7. The summed E-state index contributed by atoms with van der Waals surface area (Å²) in [7, 11) is 2.04. The van der Waals surface area contributed by atoms with Gasteiger partial charge in [0.1, 0.15) is 0 Å². The molecule has 1 atom stereocenters. The second-order valence-electron chi connectivity index (χ2n) is 6.20. The summed E-state index contributed by atoms with van der Waals surface area (Å²) < 4.78 is 10.9. The fourth-order valence-electron chi connectivity index (χ4n) is 2.81. The van der Waals surface area contributed by atoms with Gasteiger partial charge in [-0.25, -0.2) is 0 Å². The van der Waals surface area contributed by atoms with Crippen molar-refractivity contribution in [3.63, 3.8) is 0 Å². The summed E-state index contributed by atoms with van der Waals surface area (Å²) in [6.07, 6.45) is -0.572. The Labute approximate surface area is 150 Å². The first-order chi connectivity index (χ1) is 12.0. The zero-order valence-corrected chi connectivity index (χ0v) is 15.3. The highest BCUT2D eigenvalue weighted by Crippen LogP contribution is 2.18. The molecular formula is C15H23N5O4S. The number of aromatic nitrogens is 2. The predicted octanol–water partition coefficient (Wildman–Crippen LogP) is -0.528. The minimum absolute atomic E-state index is 0.0224. The van der Waals surface area contributed by atoms with Gasteiger partial charge in [-0.05, 0) is 7.05 Å². The third kappa shape index (κ3) is 4.71. The second kappa shape index (κ2) is 8.15. The van der Waals surface area contributed by atoms with Crippen LogP contribution in [-0.2, 0) is 14.3 Å². The van der Waals surface area contributed by atoms with E-state index in [2.05, 4.69) is 15.1 Å². The molecule has 2 aliphatic heterocycles. The van der Waals surface area contributed by atoms with E-state index in [-0.39, 0.29) is 17.6 Å². The molecule has 9 nitrogen and oxygen atoms in total. The number of morpholine rings is 1. The van der Waals surface area contributed by atoms with Gasteiger partial charge in [0, 0.05) is 39.6 Å². The first-order valence-corrected chi connectivity index (χ1v) is 9.31. The molecule has 2 fully saturated rings. The number of likely N-dealkylation sites (N-methyl/N-ethyl adjacent to an activating group) is 1. The molecule has 0 N–H and O–H groups in total. The fraction of sp³-hybridized carbons (Fsp3) is 0.733. The van der Waals surface area contributed by atoms with Crippen molar-refractivity contribution in [1.29, 1.82) is 0 Å². The summed E-state index contributed by atoms with van der Waals surface area (Å²) >= 11 is 1.21. The standard InChI is InChI=1S/C15H23N5O4S/c1-11-16-17-15(24-11)25-10-13(21)20-7-8-23-12(9-20)14(22)19-5-3-18(2)4-6-19/h12H,3-10H2,1-2H3/t12-/m1/s1. The second-order valence-corrected chi connectivity index (χ2v) is 7.13. The molecule has 10 heteroatoms. The van der Waals surface area contributed by atoms with Crippen LogP contribution in [0, 0.1) is 6.92 Å². The summed E-state index contributed by atoms with van der Waals surface area (Å²) in [6, 6.07) is 0. The van der Waals surface area contributed by atoms with Crippen LogP contribution in [0.15, 0.2) is 9.64 Å². The van der Waals surface area contributed by atoms with E-state index < -0.39 is 6.10 Å². The number of hydrogen-bond acceptors (Lipinski definition) is 8. The SMILES string of the molecule is Cc1nnc(SCC(=O)N2CCO[C@@H](C(=O)N3CCN(C)CC3)C2)o1. The molecule has 3 rings (SSSR count). The first kappa shape index (κ1) is 18.2. The number of thioether (sulfide) groups is 1. The lowest BCUT2D eigenvalue weighted by atomic mass is 10.2. The third-order valence-electron chi connectivity index (χ3n) is 4.34. The van der Waals surface area contributed by atoms with Crippen molar-refractivity contribution in [3.8, 4) is 0 Å². The molecule has 2 amide bonds. The van der Waals surface area contributed by atoms with E-state index in [1.165, 1.54) is 11.8 Å². The summed E-state index contributed by atoms with van der Waals surface area (Å²) in [6.45, 7) is 6.01. The van der Waals surface area contributed by atoms with Gasteiger partial charge in [0.15, 0.2) is 6.10 Å². The Morgan fingerprint density at radius 1 is 1.16 bits per heavy atom. The Hall–Kier alpha value is -1.65. The Morgan fingerprint density at radius 3 is 2.60 bits per heavy atom. The van der Waals surface area contributed by atoms with Crippen molar-refractivity contribution in [3.05, 3.63) is 5.89 Å². The van der Waals surface area contributed by atoms with E-state index in [1.54, 1.807) is 11.8 Å². The minimum Gasteiger partial charge on any atom is -0.416 e. The zero-order valence-electron chi connectivity index (χ0n) is 14.5. The van der Waals surface area contributed by atoms with Gasteiger partial charge < -0.3 is 23.9 Å². The van der Waals surface area contributed by atoms with Crippen molar-refractivity contribution in [2.24, 2.45) is 0 Å². The molecule has 1 aromatic rings.